The Morgan fingerprint density at radius 2 is 1.83 bits per heavy atom. The fraction of sp³-hybridized carbons (Fsp3) is 0.158. The SMILES string of the molecule is Cc1nc(-c2ccccc2)c(CCNC(=O)c2ccc(Cl)cc2)o1. The minimum absolute atomic E-state index is 0.135. The number of benzene rings is 2. The van der Waals surface area contributed by atoms with Crippen molar-refractivity contribution in [2.24, 2.45) is 0 Å². The van der Waals surface area contributed by atoms with Crippen molar-refractivity contribution in [1.82, 2.24) is 10.3 Å². The summed E-state index contributed by atoms with van der Waals surface area (Å²) in [6.07, 6.45) is 0.574. The van der Waals surface area contributed by atoms with Crippen LogP contribution in [-0.2, 0) is 6.42 Å². The standard InChI is InChI=1S/C19H17ClN2O2/c1-13-22-18(14-5-3-2-4-6-14)17(24-13)11-12-21-19(23)15-7-9-16(20)10-8-15/h2-10H,11-12H2,1H3,(H,21,23). The van der Waals surface area contributed by atoms with Crippen molar-refractivity contribution >= 4 is 17.5 Å². The maximum Gasteiger partial charge on any atom is 0.251 e. The molecule has 0 saturated carbocycles. The van der Waals surface area contributed by atoms with Gasteiger partial charge in [-0.1, -0.05) is 41.9 Å². The van der Waals surface area contributed by atoms with Crippen molar-refractivity contribution in [3.63, 3.8) is 0 Å². The van der Waals surface area contributed by atoms with Crippen LogP contribution in [0.2, 0.25) is 5.02 Å². The number of oxazole rings is 1. The van der Waals surface area contributed by atoms with Crippen LogP contribution >= 0.6 is 11.6 Å². The fourth-order valence-electron chi connectivity index (χ4n) is 2.45. The monoisotopic (exact) mass is 340 g/mol. The zero-order valence-corrected chi connectivity index (χ0v) is 14.0. The van der Waals surface area contributed by atoms with Crippen molar-refractivity contribution < 1.29 is 9.21 Å². The van der Waals surface area contributed by atoms with Crippen molar-refractivity contribution in [3.05, 3.63) is 76.8 Å². The summed E-state index contributed by atoms with van der Waals surface area (Å²) in [5.41, 5.74) is 2.42. The van der Waals surface area contributed by atoms with Crippen LogP contribution in [0.15, 0.2) is 59.0 Å². The Balaban J connectivity index is 1.65. The molecule has 0 aliphatic carbocycles. The van der Waals surface area contributed by atoms with Gasteiger partial charge in [0.2, 0.25) is 0 Å². The molecular weight excluding hydrogens is 324 g/mol. The topological polar surface area (TPSA) is 55.1 Å². The van der Waals surface area contributed by atoms with Crippen LogP contribution < -0.4 is 5.32 Å². The highest BCUT2D eigenvalue weighted by molar-refractivity contribution is 6.30. The van der Waals surface area contributed by atoms with E-state index in [1.54, 1.807) is 24.3 Å². The number of rotatable bonds is 5. The molecule has 4 nitrogen and oxygen atoms in total. The second-order valence-electron chi connectivity index (χ2n) is 5.38. The van der Waals surface area contributed by atoms with E-state index in [0.717, 1.165) is 17.0 Å². The van der Waals surface area contributed by atoms with E-state index in [4.69, 9.17) is 16.0 Å². The average Bonchev–Trinajstić information content (AvgIpc) is 2.97. The van der Waals surface area contributed by atoms with E-state index in [1.807, 2.05) is 37.3 Å². The molecule has 0 radical (unpaired) electrons. The Morgan fingerprint density at radius 3 is 2.54 bits per heavy atom. The van der Waals surface area contributed by atoms with Gasteiger partial charge in [-0.3, -0.25) is 4.79 Å². The fourth-order valence-corrected chi connectivity index (χ4v) is 2.58. The number of aryl methyl sites for hydroxylation is 1. The molecule has 0 aliphatic heterocycles. The summed E-state index contributed by atoms with van der Waals surface area (Å²) in [5.74, 6) is 1.26. The number of nitrogens with zero attached hydrogens (tertiary/aromatic N) is 1. The zero-order valence-electron chi connectivity index (χ0n) is 13.3. The number of carbonyl (C=O) groups is 1. The summed E-state index contributed by atoms with van der Waals surface area (Å²) in [7, 11) is 0. The summed E-state index contributed by atoms with van der Waals surface area (Å²) >= 11 is 5.83. The summed E-state index contributed by atoms with van der Waals surface area (Å²) in [4.78, 5) is 16.6. The quantitative estimate of drug-likeness (QED) is 0.754. The number of amides is 1. The first-order valence-electron chi connectivity index (χ1n) is 7.69. The molecular formula is C19H17ClN2O2. The molecule has 5 heteroatoms. The molecule has 122 valence electrons. The van der Waals surface area contributed by atoms with Crippen LogP contribution in [0, 0.1) is 6.92 Å². The smallest absolute Gasteiger partial charge is 0.251 e. The zero-order chi connectivity index (χ0) is 16.9. The highest BCUT2D eigenvalue weighted by atomic mass is 35.5. The van der Waals surface area contributed by atoms with Gasteiger partial charge in [-0.25, -0.2) is 4.98 Å². The largest absolute Gasteiger partial charge is 0.445 e. The number of nitrogens with one attached hydrogen (secondary N) is 1. The maximum absolute atomic E-state index is 12.1. The van der Waals surface area contributed by atoms with Gasteiger partial charge in [0, 0.05) is 36.0 Å². The second kappa shape index (κ2) is 7.32. The molecule has 1 heterocycles. The Hall–Kier alpha value is -2.59. The molecule has 3 rings (SSSR count). The van der Waals surface area contributed by atoms with Crippen molar-refractivity contribution in [3.8, 4) is 11.3 Å². The summed E-state index contributed by atoms with van der Waals surface area (Å²) < 4.78 is 5.69. The molecule has 1 N–H and O–H groups in total. The first-order chi connectivity index (χ1) is 11.6. The maximum atomic E-state index is 12.1. The molecule has 1 aromatic heterocycles. The minimum atomic E-state index is -0.135. The third kappa shape index (κ3) is 3.84. The highest BCUT2D eigenvalue weighted by Gasteiger charge is 2.13. The first kappa shape index (κ1) is 16.3. The van der Waals surface area contributed by atoms with Crippen LogP contribution in [0.3, 0.4) is 0 Å². The molecule has 0 fully saturated rings. The highest BCUT2D eigenvalue weighted by Crippen LogP contribution is 2.23. The number of halogens is 1. The Bertz CT molecular complexity index is 826. The van der Waals surface area contributed by atoms with E-state index >= 15 is 0 Å². The van der Waals surface area contributed by atoms with Gasteiger partial charge in [-0.2, -0.15) is 0 Å². The molecule has 0 aliphatic rings. The lowest BCUT2D eigenvalue weighted by molar-refractivity contribution is 0.0953. The van der Waals surface area contributed by atoms with Gasteiger partial charge < -0.3 is 9.73 Å². The molecule has 1 amide bonds. The molecule has 0 saturated heterocycles. The van der Waals surface area contributed by atoms with Gasteiger partial charge >= 0.3 is 0 Å². The number of hydrogen-bond donors (Lipinski definition) is 1. The minimum Gasteiger partial charge on any atom is -0.445 e. The molecule has 24 heavy (non-hydrogen) atoms. The normalized spacial score (nSPS) is 10.6. The lowest BCUT2D eigenvalue weighted by Crippen LogP contribution is -2.25. The summed E-state index contributed by atoms with van der Waals surface area (Å²) in [6, 6.07) is 16.7. The molecule has 0 unspecified atom stereocenters. The van der Waals surface area contributed by atoms with Gasteiger partial charge in [0.05, 0.1) is 0 Å². The number of carbonyl (C=O) groups excluding carboxylic acids is 1. The predicted molar refractivity (Wildman–Crippen MR) is 94.2 cm³/mol. The van der Waals surface area contributed by atoms with Crippen LogP contribution in [-0.4, -0.2) is 17.4 Å². The van der Waals surface area contributed by atoms with E-state index in [9.17, 15) is 4.79 Å². The van der Waals surface area contributed by atoms with Crippen molar-refractivity contribution in [2.75, 3.05) is 6.54 Å². The van der Waals surface area contributed by atoms with Gasteiger partial charge in [0.15, 0.2) is 5.89 Å². The van der Waals surface area contributed by atoms with Crippen LogP contribution in [0.1, 0.15) is 22.0 Å². The Kier molecular flexibility index (Phi) is 4.96. The van der Waals surface area contributed by atoms with Crippen LogP contribution in [0.25, 0.3) is 11.3 Å². The number of hydrogen-bond acceptors (Lipinski definition) is 3. The first-order valence-corrected chi connectivity index (χ1v) is 8.07. The number of aromatic nitrogens is 1. The predicted octanol–water partition coefficient (Wildman–Crippen LogP) is 4.28. The molecule has 0 atom stereocenters. The van der Waals surface area contributed by atoms with Crippen molar-refractivity contribution in [2.45, 2.75) is 13.3 Å². The van der Waals surface area contributed by atoms with E-state index in [-0.39, 0.29) is 5.91 Å². The van der Waals surface area contributed by atoms with Gasteiger partial charge in [0.1, 0.15) is 11.5 Å². The summed E-state index contributed by atoms with van der Waals surface area (Å²) in [5, 5.41) is 3.49. The van der Waals surface area contributed by atoms with Gasteiger partial charge in [0.25, 0.3) is 5.91 Å². The lowest BCUT2D eigenvalue weighted by atomic mass is 10.1. The molecule has 0 spiro atoms. The Labute approximate surface area is 145 Å². The van der Waals surface area contributed by atoms with E-state index in [2.05, 4.69) is 10.3 Å². The molecule has 2 aromatic carbocycles. The third-order valence-electron chi connectivity index (χ3n) is 3.60. The van der Waals surface area contributed by atoms with Gasteiger partial charge in [-0.15, -0.1) is 0 Å². The average molecular weight is 341 g/mol. The third-order valence-corrected chi connectivity index (χ3v) is 3.85. The lowest BCUT2D eigenvalue weighted by Gasteiger charge is -2.05. The van der Waals surface area contributed by atoms with E-state index < -0.39 is 0 Å². The summed E-state index contributed by atoms with van der Waals surface area (Å²) in [6.45, 7) is 2.29. The molecule has 3 aromatic rings. The van der Waals surface area contributed by atoms with Crippen LogP contribution in [0.4, 0.5) is 0 Å². The Morgan fingerprint density at radius 1 is 1.12 bits per heavy atom. The van der Waals surface area contributed by atoms with E-state index in [1.165, 1.54) is 0 Å². The van der Waals surface area contributed by atoms with E-state index in [0.29, 0.717) is 29.4 Å². The second-order valence-corrected chi connectivity index (χ2v) is 5.82. The van der Waals surface area contributed by atoms with Gasteiger partial charge in [-0.05, 0) is 24.3 Å². The van der Waals surface area contributed by atoms with Crippen LogP contribution in [0.5, 0.6) is 0 Å². The van der Waals surface area contributed by atoms with Crippen molar-refractivity contribution in [1.29, 1.82) is 0 Å². The molecule has 0 bridgehead atoms.